The zero-order chi connectivity index (χ0) is 18.5. The number of aliphatic hydroxyl groups excluding tert-OH is 1. The Morgan fingerprint density at radius 1 is 1.31 bits per heavy atom. The van der Waals surface area contributed by atoms with E-state index in [4.69, 9.17) is 9.47 Å². The fourth-order valence-electron chi connectivity index (χ4n) is 3.36. The number of aromatic nitrogens is 2. The standard InChI is InChI=1S/C18H28N4O4/c1-11(2)21-18(24)26-13-7-16(25-10-13)12-8-19-17(20-9-12)22-14-5-3-4-6-15(14)23/h8-9,11,13-16,23H,3-7,10H2,1-2H3,(H,21,24)(H,19,20,22)/t13-,14+,15+,16-/m0/s1. The van der Waals surface area contributed by atoms with E-state index in [1.807, 2.05) is 13.8 Å². The lowest BCUT2D eigenvalue weighted by Gasteiger charge is -2.28. The van der Waals surface area contributed by atoms with Crippen LogP contribution in [0, 0.1) is 0 Å². The first-order valence-electron chi connectivity index (χ1n) is 9.36. The van der Waals surface area contributed by atoms with Crippen molar-refractivity contribution in [3.63, 3.8) is 0 Å². The van der Waals surface area contributed by atoms with Crippen LogP contribution in [0.15, 0.2) is 12.4 Å². The Bertz CT molecular complexity index is 595. The van der Waals surface area contributed by atoms with Gasteiger partial charge in [-0.05, 0) is 26.7 Å². The third kappa shape index (κ3) is 5.04. The van der Waals surface area contributed by atoms with Gasteiger partial charge in [0.15, 0.2) is 0 Å². The Kier molecular flexibility index (Phi) is 6.26. The Labute approximate surface area is 153 Å². The van der Waals surface area contributed by atoms with Gasteiger partial charge in [-0.1, -0.05) is 12.8 Å². The number of hydrogen-bond donors (Lipinski definition) is 3. The molecular formula is C18H28N4O4. The minimum Gasteiger partial charge on any atom is -0.444 e. The quantitative estimate of drug-likeness (QED) is 0.735. The lowest BCUT2D eigenvalue weighted by atomic mass is 9.93. The van der Waals surface area contributed by atoms with Crippen LogP contribution < -0.4 is 10.6 Å². The first-order valence-corrected chi connectivity index (χ1v) is 9.36. The number of anilines is 1. The van der Waals surface area contributed by atoms with E-state index in [1.165, 1.54) is 0 Å². The molecule has 1 aromatic rings. The second-order valence-corrected chi connectivity index (χ2v) is 7.33. The molecule has 0 radical (unpaired) electrons. The van der Waals surface area contributed by atoms with Crippen molar-refractivity contribution < 1.29 is 19.4 Å². The zero-order valence-electron chi connectivity index (χ0n) is 15.4. The molecule has 3 rings (SSSR count). The monoisotopic (exact) mass is 364 g/mol. The largest absolute Gasteiger partial charge is 0.444 e. The molecule has 0 aromatic carbocycles. The molecule has 2 fully saturated rings. The first-order chi connectivity index (χ1) is 12.5. The van der Waals surface area contributed by atoms with Crippen LogP contribution in [-0.2, 0) is 9.47 Å². The van der Waals surface area contributed by atoms with Crippen LogP contribution in [0.2, 0.25) is 0 Å². The molecule has 0 spiro atoms. The summed E-state index contributed by atoms with van der Waals surface area (Å²) in [4.78, 5) is 20.4. The van der Waals surface area contributed by atoms with Crippen molar-refractivity contribution in [2.45, 2.75) is 76.3 Å². The molecule has 1 saturated carbocycles. The predicted octanol–water partition coefficient (Wildman–Crippen LogP) is 2.16. The second kappa shape index (κ2) is 8.64. The summed E-state index contributed by atoms with van der Waals surface area (Å²) in [6.45, 7) is 4.13. The minimum absolute atomic E-state index is 0.00887. The van der Waals surface area contributed by atoms with E-state index in [2.05, 4.69) is 20.6 Å². The van der Waals surface area contributed by atoms with E-state index < -0.39 is 6.09 Å². The van der Waals surface area contributed by atoms with Crippen LogP contribution in [0.4, 0.5) is 10.7 Å². The van der Waals surface area contributed by atoms with Gasteiger partial charge in [0.25, 0.3) is 0 Å². The number of alkyl carbamates (subject to hydrolysis) is 1. The van der Waals surface area contributed by atoms with Crippen molar-refractivity contribution in [1.82, 2.24) is 15.3 Å². The van der Waals surface area contributed by atoms with Gasteiger partial charge in [0.2, 0.25) is 5.95 Å². The maximum Gasteiger partial charge on any atom is 0.407 e. The number of rotatable bonds is 5. The third-order valence-electron chi connectivity index (χ3n) is 4.73. The van der Waals surface area contributed by atoms with E-state index in [-0.39, 0.29) is 30.4 Å². The first kappa shape index (κ1) is 18.8. The summed E-state index contributed by atoms with van der Waals surface area (Å²) in [6, 6.07) is 0.0475. The van der Waals surface area contributed by atoms with Crippen LogP contribution in [0.5, 0.6) is 0 Å². The summed E-state index contributed by atoms with van der Waals surface area (Å²) in [7, 11) is 0. The smallest absolute Gasteiger partial charge is 0.407 e. The van der Waals surface area contributed by atoms with Crippen molar-refractivity contribution in [3.8, 4) is 0 Å². The highest BCUT2D eigenvalue weighted by Crippen LogP contribution is 2.30. The van der Waals surface area contributed by atoms with Crippen molar-refractivity contribution >= 4 is 12.0 Å². The van der Waals surface area contributed by atoms with Crippen LogP contribution in [0.25, 0.3) is 0 Å². The van der Waals surface area contributed by atoms with Crippen LogP contribution in [-0.4, -0.2) is 52.1 Å². The molecule has 2 heterocycles. The molecule has 1 amide bonds. The molecule has 2 aliphatic rings. The van der Waals surface area contributed by atoms with Gasteiger partial charge in [-0.2, -0.15) is 0 Å². The molecule has 1 aliphatic heterocycles. The highest BCUT2D eigenvalue weighted by atomic mass is 16.6. The fourth-order valence-corrected chi connectivity index (χ4v) is 3.36. The summed E-state index contributed by atoms with van der Waals surface area (Å²) in [5, 5.41) is 15.9. The lowest BCUT2D eigenvalue weighted by Crippen LogP contribution is -2.36. The number of carbonyl (C=O) groups excluding carboxylic acids is 1. The summed E-state index contributed by atoms with van der Waals surface area (Å²) < 4.78 is 11.1. The molecule has 4 atom stereocenters. The highest BCUT2D eigenvalue weighted by Gasteiger charge is 2.30. The maximum absolute atomic E-state index is 11.7. The molecule has 8 heteroatoms. The van der Waals surface area contributed by atoms with Crippen LogP contribution >= 0.6 is 0 Å². The number of amides is 1. The van der Waals surface area contributed by atoms with Crippen molar-refractivity contribution in [2.24, 2.45) is 0 Å². The number of nitrogens with zero attached hydrogens (tertiary/aromatic N) is 2. The molecule has 1 aliphatic carbocycles. The van der Waals surface area contributed by atoms with Gasteiger partial charge in [-0.15, -0.1) is 0 Å². The summed E-state index contributed by atoms with van der Waals surface area (Å²) in [6.07, 6.45) is 6.74. The number of hydrogen-bond acceptors (Lipinski definition) is 7. The number of ether oxygens (including phenoxy) is 2. The topological polar surface area (TPSA) is 106 Å². The molecule has 144 valence electrons. The molecule has 3 N–H and O–H groups in total. The Morgan fingerprint density at radius 2 is 2.04 bits per heavy atom. The van der Waals surface area contributed by atoms with Gasteiger partial charge < -0.3 is 25.2 Å². The van der Waals surface area contributed by atoms with Crippen LogP contribution in [0.1, 0.15) is 57.6 Å². The number of aliphatic hydroxyl groups is 1. The average Bonchev–Trinajstić information content (AvgIpc) is 3.05. The maximum atomic E-state index is 11.7. The highest BCUT2D eigenvalue weighted by molar-refractivity contribution is 5.67. The van der Waals surface area contributed by atoms with E-state index in [9.17, 15) is 9.90 Å². The summed E-state index contributed by atoms with van der Waals surface area (Å²) in [5.74, 6) is 0.516. The molecule has 8 nitrogen and oxygen atoms in total. The van der Waals surface area contributed by atoms with Crippen molar-refractivity contribution in [1.29, 1.82) is 0 Å². The molecular weight excluding hydrogens is 336 g/mol. The average molecular weight is 364 g/mol. The van der Waals surface area contributed by atoms with Gasteiger partial charge in [-0.3, -0.25) is 0 Å². The van der Waals surface area contributed by atoms with Gasteiger partial charge in [0, 0.05) is 30.4 Å². The van der Waals surface area contributed by atoms with E-state index >= 15 is 0 Å². The van der Waals surface area contributed by atoms with Gasteiger partial charge in [0.1, 0.15) is 6.10 Å². The molecule has 26 heavy (non-hydrogen) atoms. The summed E-state index contributed by atoms with van der Waals surface area (Å²) >= 11 is 0. The van der Waals surface area contributed by atoms with Crippen molar-refractivity contribution in [2.75, 3.05) is 11.9 Å². The molecule has 0 unspecified atom stereocenters. The molecule has 1 saturated heterocycles. The summed E-state index contributed by atoms with van der Waals surface area (Å²) in [5.41, 5.74) is 0.857. The van der Waals surface area contributed by atoms with Gasteiger partial charge >= 0.3 is 6.09 Å². The normalized spacial score (nSPS) is 28.8. The minimum atomic E-state index is -0.420. The lowest BCUT2D eigenvalue weighted by molar-refractivity contribution is 0.0690. The van der Waals surface area contributed by atoms with Gasteiger partial charge in [0.05, 0.1) is 24.9 Å². The SMILES string of the molecule is CC(C)NC(=O)O[C@@H]1CO[C@H](c2cnc(N[C@@H]3CCCC[C@H]3O)nc2)C1. The molecule has 0 bridgehead atoms. The van der Waals surface area contributed by atoms with Gasteiger partial charge in [-0.25, -0.2) is 14.8 Å². The molecule has 1 aromatic heterocycles. The Balaban J connectivity index is 1.50. The van der Waals surface area contributed by atoms with E-state index in [0.717, 1.165) is 31.2 Å². The predicted molar refractivity (Wildman–Crippen MR) is 95.8 cm³/mol. The fraction of sp³-hybridized carbons (Fsp3) is 0.722. The second-order valence-electron chi connectivity index (χ2n) is 7.33. The Hall–Kier alpha value is -1.93. The number of carbonyl (C=O) groups is 1. The number of nitrogens with one attached hydrogen (secondary N) is 2. The Morgan fingerprint density at radius 3 is 2.73 bits per heavy atom. The zero-order valence-corrected chi connectivity index (χ0v) is 15.4. The van der Waals surface area contributed by atoms with E-state index in [1.54, 1.807) is 12.4 Å². The van der Waals surface area contributed by atoms with Crippen LogP contribution in [0.3, 0.4) is 0 Å². The van der Waals surface area contributed by atoms with Crippen molar-refractivity contribution in [3.05, 3.63) is 18.0 Å². The third-order valence-corrected chi connectivity index (χ3v) is 4.73. The van der Waals surface area contributed by atoms with E-state index in [0.29, 0.717) is 19.0 Å².